The molecule has 2 amide bonds. The Labute approximate surface area is 115 Å². The number of urea groups is 1. The van der Waals surface area contributed by atoms with E-state index in [0.29, 0.717) is 6.04 Å². The van der Waals surface area contributed by atoms with Gasteiger partial charge in [-0.3, -0.25) is 0 Å². The van der Waals surface area contributed by atoms with Crippen molar-refractivity contribution in [3.05, 3.63) is 24.3 Å². The molecule has 1 aromatic carbocycles. The molecule has 0 aliphatic carbocycles. The lowest BCUT2D eigenvalue weighted by molar-refractivity contribution is 0.259. The molecular weight excluding hydrogens is 238 g/mol. The second kappa shape index (κ2) is 8.40. The van der Waals surface area contributed by atoms with Crippen LogP contribution in [0.25, 0.3) is 0 Å². The lowest BCUT2D eigenvalue weighted by atomic mass is 10.1. The third-order valence-electron chi connectivity index (χ3n) is 3.03. The molecule has 1 unspecified atom stereocenters. The number of amides is 2. The molecule has 1 aromatic rings. The lowest BCUT2D eigenvalue weighted by Crippen LogP contribution is -2.19. The Hall–Kier alpha value is -1.71. The van der Waals surface area contributed by atoms with Crippen molar-refractivity contribution < 1.29 is 4.79 Å². The number of nitrogens with two attached hydrogens (primary N) is 1. The summed E-state index contributed by atoms with van der Waals surface area (Å²) < 4.78 is 0. The number of anilines is 2. The van der Waals surface area contributed by atoms with Crippen LogP contribution >= 0.6 is 0 Å². The molecule has 1 rings (SSSR count). The number of hydrogen-bond acceptors (Lipinski definition) is 2. The van der Waals surface area contributed by atoms with E-state index in [1.54, 1.807) is 0 Å². The predicted octanol–water partition coefficient (Wildman–Crippen LogP) is 3.95. The quantitative estimate of drug-likeness (QED) is 0.622. The van der Waals surface area contributed by atoms with Crippen LogP contribution in [0, 0.1) is 0 Å². The van der Waals surface area contributed by atoms with Gasteiger partial charge in [0.05, 0.1) is 0 Å². The fraction of sp³-hybridized carbons (Fsp3) is 0.533. The van der Waals surface area contributed by atoms with Gasteiger partial charge in [0.1, 0.15) is 0 Å². The summed E-state index contributed by atoms with van der Waals surface area (Å²) in [5, 5.41) is 6.02. The monoisotopic (exact) mass is 263 g/mol. The first-order chi connectivity index (χ1) is 9.11. The van der Waals surface area contributed by atoms with Crippen LogP contribution in [0.4, 0.5) is 16.2 Å². The van der Waals surface area contributed by atoms with Crippen molar-refractivity contribution in [2.75, 3.05) is 10.6 Å². The average Bonchev–Trinajstić information content (AvgIpc) is 2.34. The Morgan fingerprint density at radius 1 is 1.26 bits per heavy atom. The first kappa shape index (κ1) is 15.3. The van der Waals surface area contributed by atoms with Crippen LogP contribution in [0.15, 0.2) is 24.3 Å². The summed E-state index contributed by atoms with van der Waals surface area (Å²) in [5.74, 6) is 0. The molecule has 0 spiro atoms. The van der Waals surface area contributed by atoms with Crippen molar-refractivity contribution in [1.82, 2.24) is 0 Å². The number of carbonyl (C=O) groups is 1. The number of rotatable bonds is 8. The SMILES string of the molecule is CCCCCCC(C)Nc1cccc(NC(N)=O)c1. The summed E-state index contributed by atoms with van der Waals surface area (Å²) in [6, 6.07) is 7.51. The minimum atomic E-state index is -0.537. The molecule has 0 heterocycles. The van der Waals surface area contributed by atoms with Gasteiger partial charge in [0.25, 0.3) is 0 Å². The summed E-state index contributed by atoms with van der Waals surface area (Å²) in [5.41, 5.74) is 6.83. The van der Waals surface area contributed by atoms with Crippen molar-refractivity contribution in [2.45, 2.75) is 52.0 Å². The van der Waals surface area contributed by atoms with Gasteiger partial charge in [-0.25, -0.2) is 4.79 Å². The maximum atomic E-state index is 10.8. The summed E-state index contributed by atoms with van der Waals surface area (Å²) in [7, 11) is 0. The van der Waals surface area contributed by atoms with Crippen LogP contribution in [-0.4, -0.2) is 12.1 Å². The highest BCUT2D eigenvalue weighted by molar-refractivity contribution is 5.88. The maximum Gasteiger partial charge on any atom is 0.316 e. The summed E-state index contributed by atoms with van der Waals surface area (Å²) >= 11 is 0. The predicted molar refractivity (Wildman–Crippen MR) is 81.5 cm³/mol. The van der Waals surface area contributed by atoms with E-state index in [1.807, 2.05) is 24.3 Å². The smallest absolute Gasteiger partial charge is 0.316 e. The Morgan fingerprint density at radius 2 is 2.00 bits per heavy atom. The number of nitrogens with one attached hydrogen (secondary N) is 2. The van der Waals surface area contributed by atoms with Crippen LogP contribution in [0.5, 0.6) is 0 Å². The molecule has 19 heavy (non-hydrogen) atoms. The zero-order valence-electron chi connectivity index (χ0n) is 11.9. The molecule has 0 fully saturated rings. The van der Waals surface area contributed by atoms with Crippen LogP contribution in [0.3, 0.4) is 0 Å². The highest BCUT2D eigenvalue weighted by atomic mass is 16.2. The first-order valence-corrected chi connectivity index (χ1v) is 7.05. The molecule has 4 heteroatoms. The summed E-state index contributed by atoms with van der Waals surface area (Å²) in [6.45, 7) is 4.40. The molecule has 1 atom stereocenters. The third kappa shape index (κ3) is 6.70. The van der Waals surface area contributed by atoms with Crippen molar-refractivity contribution in [3.63, 3.8) is 0 Å². The molecule has 0 aromatic heterocycles. The van der Waals surface area contributed by atoms with Gasteiger partial charge in [0, 0.05) is 17.4 Å². The largest absolute Gasteiger partial charge is 0.383 e. The van der Waals surface area contributed by atoms with Crippen LogP contribution in [-0.2, 0) is 0 Å². The van der Waals surface area contributed by atoms with Gasteiger partial charge in [-0.05, 0) is 31.5 Å². The zero-order valence-corrected chi connectivity index (χ0v) is 11.9. The molecular formula is C15H25N3O. The number of unbranched alkanes of at least 4 members (excludes halogenated alkanes) is 3. The van der Waals surface area contributed by atoms with Gasteiger partial charge < -0.3 is 16.4 Å². The summed E-state index contributed by atoms with van der Waals surface area (Å²) in [6.07, 6.45) is 6.29. The van der Waals surface area contributed by atoms with E-state index in [9.17, 15) is 4.79 Å². The van der Waals surface area contributed by atoms with E-state index in [-0.39, 0.29) is 0 Å². The van der Waals surface area contributed by atoms with Gasteiger partial charge >= 0.3 is 6.03 Å². The van der Waals surface area contributed by atoms with Crippen molar-refractivity contribution in [1.29, 1.82) is 0 Å². The van der Waals surface area contributed by atoms with Gasteiger partial charge in [-0.1, -0.05) is 38.7 Å². The Bertz CT molecular complexity index is 393. The van der Waals surface area contributed by atoms with E-state index in [2.05, 4.69) is 24.5 Å². The normalized spacial score (nSPS) is 11.9. The maximum absolute atomic E-state index is 10.8. The van der Waals surface area contributed by atoms with Crippen LogP contribution in [0.1, 0.15) is 46.0 Å². The molecule has 0 radical (unpaired) electrons. The van der Waals surface area contributed by atoms with E-state index < -0.39 is 6.03 Å². The molecule has 106 valence electrons. The molecule has 0 saturated heterocycles. The molecule has 4 nitrogen and oxygen atoms in total. The fourth-order valence-electron chi connectivity index (χ4n) is 2.06. The standard InChI is InChI=1S/C15H25N3O/c1-3-4-5-6-8-12(2)17-13-9-7-10-14(11-13)18-15(16)19/h7,9-12,17H,3-6,8H2,1-2H3,(H3,16,18,19). The molecule has 4 N–H and O–H groups in total. The van der Waals surface area contributed by atoms with Crippen molar-refractivity contribution >= 4 is 17.4 Å². The Balaban J connectivity index is 2.40. The number of benzene rings is 1. The lowest BCUT2D eigenvalue weighted by Gasteiger charge is -2.16. The van der Waals surface area contributed by atoms with Gasteiger partial charge in [0.2, 0.25) is 0 Å². The molecule has 0 aliphatic rings. The van der Waals surface area contributed by atoms with Crippen LogP contribution < -0.4 is 16.4 Å². The highest BCUT2D eigenvalue weighted by Crippen LogP contribution is 2.17. The Kier molecular flexibility index (Phi) is 6.79. The minimum Gasteiger partial charge on any atom is -0.383 e. The second-order valence-corrected chi connectivity index (χ2v) is 4.96. The summed E-state index contributed by atoms with van der Waals surface area (Å²) in [4.78, 5) is 10.8. The molecule has 0 aliphatic heterocycles. The fourth-order valence-corrected chi connectivity index (χ4v) is 2.06. The average molecular weight is 263 g/mol. The van der Waals surface area contributed by atoms with E-state index >= 15 is 0 Å². The van der Waals surface area contributed by atoms with E-state index in [0.717, 1.165) is 17.8 Å². The number of carbonyl (C=O) groups excluding carboxylic acids is 1. The Morgan fingerprint density at radius 3 is 2.68 bits per heavy atom. The minimum absolute atomic E-state index is 0.431. The number of hydrogen-bond donors (Lipinski definition) is 3. The third-order valence-corrected chi connectivity index (χ3v) is 3.03. The van der Waals surface area contributed by atoms with Crippen LogP contribution in [0.2, 0.25) is 0 Å². The van der Waals surface area contributed by atoms with Crippen molar-refractivity contribution in [3.8, 4) is 0 Å². The topological polar surface area (TPSA) is 67.2 Å². The van der Waals surface area contributed by atoms with Gasteiger partial charge in [-0.2, -0.15) is 0 Å². The van der Waals surface area contributed by atoms with Gasteiger partial charge in [0.15, 0.2) is 0 Å². The van der Waals surface area contributed by atoms with E-state index in [1.165, 1.54) is 25.7 Å². The van der Waals surface area contributed by atoms with E-state index in [4.69, 9.17) is 5.73 Å². The highest BCUT2D eigenvalue weighted by Gasteiger charge is 2.03. The molecule has 0 bridgehead atoms. The van der Waals surface area contributed by atoms with Crippen molar-refractivity contribution in [2.24, 2.45) is 5.73 Å². The zero-order chi connectivity index (χ0) is 14.1. The first-order valence-electron chi connectivity index (χ1n) is 7.05. The second-order valence-electron chi connectivity index (χ2n) is 4.96. The molecule has 0 saturated carbocycles. The number of primary amides is 1. The van der Waals surface area contributed by atoms with Gasteiger partial charge in [-0.15, -0.1) is 0 Å².